The fraction of sp³-hybridized carbons (Fsp3) is 0.143. The third kappa shape index (κ3) is 2.62. The number of carbonyl (C=O) groups excluding carboxylic acids is 1. The van der Waals surface area contributed by atoms with Crippen LogP contribution in [0.3, 0.4) is 0 Å². The van der Waals surface area contributed by atoms with Crippen LogP contribution in [0.15, 0.2) is 18.3 Å². The van der Waals surface area contributed by atoms with Crippen LogP contribution in [0.4, 0.5) is 8.78 Å². The fourth-order valence-corrected chi connectivity index (χ4v) is 0.871. The van der Waals surface area contributed by atoms with Crippen LogP contribution in [0, 0.1) is 0 Å². The third-order valence-corrected chi connectivity index (χ3v) is 1.35. The predicted octanol–water partition coefficient (Wildman–Crippen LogP) is 2.06. The van der Waals surface area contributed by atoms with E-state index in [-0.39, 0.29) is 11.4 Å². The molecule has 1 heterocycles. The van der Waals surface area contributed by atoms with E-state index in [1.54, 1.807) is 0 Å². The van der Waals surface area contributed by atoms with Crippen molar-refractivity contribution in [2.75, 3.05) is 0 Å². The van der Waals surface area contributed by atoms with Gasteiger partial charge >= 0.3 is 6.61 Å². The number of rotatable bonds is 3. The Morgan fingerprint density at radius 1 is 1.62 bits per heavy atom. The van der Waals surface area contributed by atoms with Crippen LogP contribution in [0.1, 0.15) is 10.5 Å². The summed E-state index contributed by atoms with van der Waals surface area (Å²) < 4.78 is 27.5. The van der Waals surface area contributed by atoms with Crippen molar-refractivity contribution in [2.45, 2.75) is 6.61 Å². The van der Waals surface area contributed by atoms with Crippen LogP contribution in [0.25, 0.3) is 0 Å². The first-order chi connectivity index (χ1) is 6.11. The number of alkyl halides is 2. The average Bonchev–Trinajstić information content (AvgIpc) is 2.03. The van der Waals surface area contributed by atoms with E-state index in [4.69, 9.17) is 11.6 Å². The van der Waals surface area contributed by atoms with E-state index in [1.165, 1.54) is 18.3 Å². The number of hydrogen-bond acceptors (Lipinski definition) is 3. The van der Waals surface area contributed by atoms with Crippen molar-refractivity contribution in [3.05, 3.63) is 24.0 Å². The van der Waals surface area contributed by atoms with Crippen LogP contribution < -0.4 is 4.74 Å². The molecule has 0 fully saturated rings. The van der Waals surface area contributed by atoms with Crippen molar-refractivity contribution < 1.29 is 18.3 Å². The molecule has 0 aromatic carbocycles. The highest BCUT2D eigenvalue weighted by atomic mass is 35.5. The van der Waals surface area contributed by atoms with Crippen LogP contribution >= 0.6 is 11.6 Å². The Labute approximate surface area is 77.3 Å². The quantitative estimate of drug-likeness (QED) is 0.713. The van der Waals surface area contributed by atoms with Crippen molar-refractivity contribution in [1.29, 1.82) is 0 Å². The normalized spacial score (nSPS) is 10.2. The molecule has 1 aromatic heterocycles. The highest BCUT2D eigenvalue weighted by Gasteiger charge is 2.14. The number of halogens is 3. The number of pyridine rings is 1. The van der Waals surface area contributed by atoms with Crippen molar-refractivity contribution in [3.63, 3.8) is 0 Å². The number of ether oxygens (including phenoxy) is 1. The summed E-state index contributed by atoms with van der Waals surface area (Å²) >= 11 is 5.07. The standard InChI is InChI=1S/C7H4ClF2NO2/c8-6(12)5-4(13-7(9)10)2-1-3-11-5/h1-3,7H. The molecule has 1 aromatic rings. The third-order valence-electron chi connectivity index (χ3n) is 1.17. The van der Waals surface area contributed by atoms with Gasteiger partial charge in [-0.15, -0.1) is 0 Å². The minimum Gasteiger partial charge on any atom is -0.432 e. The second kappa shape index (κ2) is 4.13. The van der Waals surface area contributed by atoms with Gasteiger partial charge in [-0.05, 0) is 23.7 Å². The molecule has 70 valence electrons. The van der Waals surface area contributed by atoms with Crippen LogP contribution in [0.2, 0.25) is 0 Å². The smallest absolute Gasteiger partial charge is 0.387 e. The van der Waals surface area contributed by atoms with Gasteiger partial charge in [0.1, 0.15) is 0 Å². The Morgan fingerprint density at radius 2 is 2.31 bits per heavy atom. The number of nitrogens with zero attached hydrogens (tertiary/aromatic N) is 1. The van der Waals surface area contributed by atoms with Crippen LogP contribution in [0.5, 0.6) is 5.75 Å². The lowest BCUT2D eigenvalue weighted by Gasteiger charge is -2.05. The van der Waals surface area contributed by atoms with Gasteiger partial charge in [0.2, 0.25) is 0 Å². The van der Waals surface area contributed by atoms with E-state index >= 15 is 0 Å². The van der Waals surface area contributed by atoms with E-state index in [2.05, 4.69) is 9.72 Å². The SMILES string of the molecule is O=C(Cl)c1ncccc1OC(F)F. The molecule has 0 bridgehead atoms. The summed E-state index contributed by atoms with van der Waals surface area (Å²) in [6.45, 7) is -3.00. The molecule has 6 heteroatoms. The van der Waals surface area contributed by atoms with Gasteiger partial charge in [0, 0.05) is 6.20 Å². The average molecular weight is 208 g/mol. The fourth-order valence-electron chi connectivity index (χ4n) is 0.729. The molecule has 0 spiro atoms. The molecule has 0 aliphatic rings. The van der Waals surface area contributed by atoms with Gasteiger partial charge in [-0.25, -0.2) is 4.98 Å². The highest BCUT2D eigenvalue weighted by Crippen LogP contribution is 2.19. The molecule has 0 N–H and O–H groups in total. The molecule has 0 aliphatic carbocycles. The predicted molar refractivity (Wildman–Crippen MR) is 41.1 cm³/mol. The maximum atomic E-state index is 11.8. The van der Waals surface area contributed by atoms with Crippen molar-refractivity contribution >= 4 is 16.8 Å². The van der Waals surface area contributed by atoms with Crippen LogP contribution in [-0.4, -0.2) is 16.8 Å². The van der Waals surface area contributed by atoms with Gasteiger partial charge in [-0.2, -0.15) is 8.78 Å². The summed E-state index contributed by atoms with van der Waals surface area (Å²) in [5.41, 5.74) is -0.315. The Balaban J connectivity index is 2.98. The number of hydrogen-bond donors (Lipinski definition) is 0. The molecule has 0 amide bonds. The lowest BCUT2D eigenvalue weighted by atomic mass is 10.3. The zero-order valence-electron chi connectivity index (χ0n) is 6.21. The van der Waals surface area contributed by atoms with Gasteiger partial charge < -0.3 is 4.74 Å². The van der Waals surface area contributed by atoms with E-state index < -0.39 is 11.9 Å². The zero-order valence-corrected chi connectivity index (χ0v) is 6.96. The maximum absolute atomic E-state index is 11.8. The number of aromatic nitrogens is 1. The van der Waals surface area contributed by atoms with E-state index in [1.807, 2.05) is 0 Å². The summed E-state index contributed by atoms with van der Waals surface area (Å²) in [4.78, 5) is 14.1. The van der Waals surface area contributed by atoms with Gasteiger partial charge in [0.05, 0.1) is 0 Å². The highest BCUT2D eigenvalue weighted by molar-refractivity contribution is 6.67. The molecule has 0 atom stereocenters. The van der Waals surface area contributed by atoms with Gasteiger partial charge in [0.25, 0.3) is 5.24 Å². The summed E-state index contributed by atoms with van der Waals surface area (Å²) in [5, 5.41) is -0.934. The second-order valence-electron chi connectivity index (χ2n) is 2.00. The first kappa shape index (κ1) is 9.85. The Kier molecular flexibility index (Phi) is 3.13. The summed E-state index contributed by atoms with van der Waals surface area (Å²) in [6.07, 6.45) is 1.26. The molecule has 0 saturated carbocycles. The van der Waals surface area contributed by atoms with Crippen molar-refractivity contribution in [2.24, 2.45) is 0 Å². The second-order valence-corrected chi connectivity index (χ2v) is 2.35. The molecular weight excluding hydrogens is 204 g/mol. The molecular formula is C7H4ClF2NO2. The van der Waals surface area contributed by atoms with E-state index in [9.17, 15) is 13.6 Å². The van der Waals surface area contributed by atoms with Gasteiger partial charge in [-0.1, -0.05) is 0 Å². The van der Waals surface area contributed by atoms with Gasteiger partial charge in [0.15, 0.2) is 11.4 Å². The maximum Gasteiger partial charge on any atom is 0.387 e. The Hall–Kier alpha value is -1.23. The van der Waals surface area contributed by atoms with Crippen LogP contribution in [-0.2, 0) is 0 Å². The molecule has 13 heavy (non-hydrogen) atoms. The molecule has 0 unspecified atom stereocenters. The molecule has 3 nitrogen and oxygen atoms in total. The lowest BCUT2D eigenvalue weighted by Crippen LogP contribution is -2.06. The lowest BCUT2D eigenvalue weighted by molar-refractivity contribution is -0.0503. The summed E-state index contributed by atoms with van der Waals surface area (Å²) in [6, 6.07) is 2.55. The minimum atomic E-state index is -3.00. The molecule has 0 aliphatic heterocycles. The van der Waals surface area contributed by atoms with Crippen molar-refractivity contribution in [3.8, 4) is 5.75 Å². The largest absolute Gasteiger partial charge is 0.432 e. The van der Waals surface area contributed by atoms with E-state index in [0.29, 0.717) is 0 Å². The number of carbonyl (C=O) groups is 1. The molecule has 1 rings (SSSR count). The minimum absolute atomic E-state index is 0.315. The summed E-state index contributed by atoms with van der Waals surface area (Å²) in [5.74, 6) is -0.322. The molecule has 0 radical (unpaired) electrons. The topological polar surface area (TPSA) is 39.2 Å². The molecule has 0 saturated heterocycles. The zero-order chi connectivity index (χ0) is 9.84. The first-order valence-corrected chi connectivity index (χ1v) is 3.58. The monoisotopic (exact) mass is 207 g/mol. The Bertz CT molecular complexity index is 319. The Morgan fingerprint density at radius 3 is 2.85 bits per heavy atom. The summed E-state index contributed by atoms with van der Waals surface area (Å²) in [7, 11) is 0. The first-order valence-electron chi connectivity index (χ1n) is 3.21. The van der Waals surface area contributed by atoms with E-state index in [0.717, 1.165) is 0 Å². The van der Waals surface area contributed by atoms with Crippen molar-refractivity contribution in [1.82, 2.24) is 4.98 Å². The van der Waals surface area contributed by atoms with Gasteiger partial charge in [-0.3, -0.25) is 4.79 Å².